The van der Waals surface area contributed by atoms with E-state index in [4.69, 9.17) is 23.2 Å². The average molecular weight is 368 g/mol. The summed E-state index contributed by atoms with van der Waals surface area (Å²) in [5.74, 6) is -1.07. The molecule has 0 aromatic heterocycles. The maximum Gasteiger partial charge on any atom is 0.269 e. The zero-order chi connectivity index (χ0) is 17.7. The third-order valence-electron chi connectivity index (χ3n) is 3.02. The molecule has 0 saturated heterocycles. The van der Waals surface area contributed by atoms with Crippen LogP contribution in [0.25, 0.3) is 0 Å². The largest absolute Gasteiger partial charge is 0.273 e. The van der Waals surface area contributed by atoms with Crippen molar-refractivity contribution in [2.24, 2.45) is 0 Å². The Morgan fingerprint density at radius 3 is 2.29 bits per heavy atom. The van der Waals surface area contributed by atoms with E-state index in [-0.39, 0.29) is 17.7 Å². The SMILES string of the molecule is O=C(Cc1ccc(Cl)cc1Cl)NNC(=O)c1ccc([N+](=O)[O-])cc1. The number of nitrogens with zero attached hydrogens (tertiary/aromatic N) is 1. The second-order valence-electron chi connectivity index (χ2n) is 4.72. The fourth-order valence-electron chi connectivity index (χ4n) is 1.82. The molecule has 0 saturated carbocycles. The van der Waals surface area contributed by atoms with Gasteiger partial charge in [0, 0.05) is 27.7 Å². The van der Waals surface area contributed by atoms with Gasteiger partial charge in [0.2, 0.25) is 5.91 Å². The molecule has 0 fully saturated rings. The van der Waals surface area contributed by atoms with E-state index in [0.717, 1.165) is 0 Å². The van der Waals surface area contributed by atoms with Crippen molar-refractivity contribution < 1.29 is 14.5 Å². The third kappa shape index (κ3) is 4.68. The standard InChI is InChI=1S/C15H11Cl2N3O4/c16-11-4-1-10(13(17)8-11)7-14(21)18-19-15(22)9-2-5-12(6-3-9)20(23)24/h1-6,8H,7H2,(H,18,21)(H,19,22). The van der Waals surface area contributed by atoms with E-state index < -0.39 is 16.7 Å². The Balaban J connectivity index is 1.91. The van der Waals surface area contributed by atoms with Crippen LogP contribution in [0.2, 0.25) is 10.0 Å². The number of benzene rings is 2. The van der Waals surface area contributed by atoms with Gasteiger partial charge >= 0.3 is 0 Å². The first-order valence-electron chi connectivity index (χ1n) is 6.64. The molecule has 0 heterocycles. The van der Waals surface area contributed by atoms with E-state index in [0.29, 0.717) is 15.6 Å². The van der Waals surface area contributed by atoms with Crippen LogP contribution in [0, 0.1) is 10.1 Å². The Labute approximate surface area is 146 Å². The molecule has 7 nitrogen and oxygen atoms in total. The van der Waals surface area contributed by atoms with Gasteiger partial charge in [0.15, 0.2) is 0 Å². The molecule has 0 aliphatic rings. The zero-order valence-electron chi connectivity index (χ0n) is 12.1. The molecule has 124 valence electrons. The van der Waals surface area contributed by atoms with E-state index >= 15 is 0 Å². The molecular formula is C15H11Cl2N3O4. The molecule has 0 atom stereocenters. The maximum absolute atomic E-state index is 11.9. The minimum Gasteiger partial charge on any atom is -0.273 e. The molecule has 2 amide bonds. The summed E-state index contributed by atoms with van der Waals surface area (Å²) in [6, 6.07) is 9.70. The molecule has 0 unspecified atom stereocenters. The molecule has 2 N–H and O–H groups in total. The third-order valence-corrected chi connectivity index (χ3v) is 3.61. The zero-order valence-corrected chi connectivity index (χ0v) is 13.6. The topological polar surface area (TPSA) is 101 Å². The summed E-state index contributed by atoms with van der Waals surface area (Å²) in [5.41, 5.74) is 5.06. The number of halogens is 2. The van der Waals surface area contributed by atoms with Crippen molar-refractivity contribution in [2.75, 3.05) is 0 Å². The van der Waals surface area contributed by atoms with Crippen LogP contribution >= 0.6 is 23.2 Å². The Kier molecular flexibility index (Phi) is 5.73. The van der Waals surface area contributed by atoms with E-state index in [1.165, 1.54) is 30.3 Å². The number of rotatable bonds is 4. The first kappa shape index (κ1) is 17.7. The van der Waals surface area contributed by atoms with Crippen LogP contribution in [0.4, 0.5) is 5.69 Å². The van der Waals surface area contributed by atoms with Crippen molar-refractivity contribution in [3.8, 4) is 0 Å². The van der Waals surface area contributed by atoms with Crippen LogP contribution in [0.15, 0.2) is 42.5 Å². The van der Waals surface area contributed by atoms with Gasteiger partial charge in [-0.15, -0.1) is 0 Å². The Hall–Kier alpha value is -2.64. The van der Waals surface area contributed by atoms with E-state index in [9.17, 15) is 19.7 Å². The number of nitrogens with one attached hydrogen (secondary N) is 2. The lowest BCUT2D eigenvalue weighted by atomic mass is 10.1. The summed E-state index contributed by atoms with van der Waals surface area (Å²) in [5, 5.41) is 11.3. The number of carbonyl (C=O) groups excluding carboxylic acids is 2. The van der Waals surface area contributed by atoms with Crippen LogP contribution in [-0.4, -0.2) is 16.7 Å². The van der Waals surface area contributed by atoms with Crippen LogP contribution in [0.5, 0.6) is 0 Å². The predicted octanol–water partition coefficient (Wildman–Crippen LogP) is 2.91. The Morgan fingerprint density at radius 1 is 1.04 bits per heavy atom. The Morgan fingerprint density at radius 2 is 1.71 bits per heavy atom. The molecule has 0 aliphatic carbocycles. The minimum absolute atomic E-state index is 0.0451. The van der Waals surface area contributed by atoms with Gasteiger partial charge in [0.05, 0.1) is 11.3 Å². The van der Waals surface area contributed by atoms with Gasteiger partial charge in [-0.25, -0.2) is 0 Å². The monoisotopic (exact) mass is 367 g/mol. The van der Waals surface area contributed by atoms with Gasteiger partial charge in [-0.05, 0) is 29.8 Å². The van der Waals surface area contributed by atoms with Gasteiger partial charge < -0.3 is 0 Å². The molecule has 0 radical (unpaired) electrons. The summed E-state index contributed by atoms with van der Waals surface area (Å²) in [7, 11) is 0. The fourth-order valence-corrected chi connectivity index (χ4v) is 2.29. The normalized spacial score (nSPS) is 10.1. The van der Waals surface area contributed by atoms with Crippen molar-refractivity contribution in [1.82, 2.24) is 10.9 Å². The Bertz CT molecular complexity index is 794. The highest BCUT2D eigenvalue weighted by Gasteiger charge is 2.11. The van der Waals surface area contributed by atoms with Gasteiger partial charge in [-0.3, -0.25) is 30.6 Å². The highest BCUT2D eigenvalue weighted by molar-refractivity contribution is 6.35. The summed E-state index contributed by atoms with van der Waals surface area (Å²) in [6.45, 7) is 0. The minimum atomic E-state index is -0.597. The average Bonchev–Trinajstić information content (AvgIpc) is 2.55. The van der Waals surface area contributed by atoms with Crippen LogP contribution in [0.3, 0.4) is 0 Å². The first-order chi connectivity index (χ1) is 11.4. The molecule has 2 rings (SSSR count). The van der Waals surface area contributed by atoms with Crippen molar-refractivity contribution in [2.45, 2.75) is 6.42 Å². The predicted molar refractivity (Wildman–Crippen MR) is 88.9 cm³/mol. The number of hydrogen-bond donors (Lipinski definition) is 2. The van der Waals surface area contributed by atoms with Crippen molar-refractivity contribution >= 4 is 40.7 Å². The van der Waals surface area contributed by atoms with Crippen LogP contribution in [0.1, 0.15) is 15.9 Å². The van der Waals surface area contributed by atoms with Crippen LogP contribution in [-0.2, 0) is 11.2 Å². The summed E-state index contributed by atoms with van der Waals surface area (Å²) < 4.78 is 0. The van der Waals surface area contributed by atoms with Crippen molar-refractivity contribution in [3.63, 3.8) is 0 Å². The molecular weight excluding hydrogens is 357 g/mol. The number of hydrazine groups is 1. The molecule has 0 spiro atoms. The highest BCUT2D eigenvalue weighted by atomic mass is 35.5. The molecule has 0 bridgehead atoms. The summed E-state index contributed by atoms with van der Waals surface area (Å²) in [4.78, 5) is 33.7. The fraction of sp³-hybridized carbons (Fsp3) is 0.0667. The van der Waals surface area contributed by atoms with Gasteiger partial charge in [-0.2, -0.15) is 0 Å². The van der Waals surface area contributed by atoms with Gasteiger partial charge in [0.25, 0.3) is 11.6 Å². The van der Waals surface area contributed by atoms with E-state index in [1.807, 2.05) is 0 Å². The molecule has 2 aromatic carbocycles. The molecule has 0 aliphatic heterocycles. The van der Waals surface area contributed by atoms with Gasteiger partial charge in [0.1, 0.15) is 0 Å². The van der Waals surface area contributed by atoms with E-state index in [1.54, 1.807) is 12.1 Å². The first-order valence-corrected chi connectivity index (χ1v) is 7.40. The van der Waals surface area contributed by atoms with Gasteiger partial charge in [-0.1, -0.05) is 29.3 Å². The van der Waals surface area contributed by atoms with Crippen molar-refractivity contribution in [1.29, 1.82) is 0 Å². The number of nitro groups is 1. The molecule has 9 heteroatoms. The number of carbonyl (C=O) groups is 2. The molecule has 24 heavy (non-hydrogen) atoms. The second kappa shape index (κ2) is 7.76. The quantitative estimate of drug-likeness (QED) is 0.640. The second-order valence-corrected chi connectivity index (χ2v) is 5.56. The lowest BCUT2D eigenvalue weighted by Gasteiger charge is -2.08. The number of amides is 2. The highest BCUT2D eigenvalue weighted by Crippen LogP contribution is 2.21. The van der Waals surface area contributed by atoms with Crippen molar-refractivity contribution in [3.05, 3.63) is 73.8 Å². The lowest BCUT2D eigenvalue weighted by Crippen LogP contribution is -2.42. The number of hydrogen-bond acceptors (Lipinski definition) is 4. The summed E-state index contributed by atoms with van der Waals surface area (Å²) >= 11 is 11.7. The summed E-state index contributed by atoms with van der Waals surface area (Å²) in [6.07, 6.45) is -0.0451. The maximum atomic E-state index is 11.9. The number of nitro benzene ring substituents is 1. The number of non-ortho nitro benzene ring substituents is 1. The smallest absolute Gasteiger partial charge is 0.269 e. The van der Waals surface area contributed by atoms with Crippen LogP contribution < -0.4 is 10.9 Å². The van der Waals surface area contributed by atoms with E-state index in [2.05, 4.69) is 10.9 Å². The molecule has 2 aromatic rings. The lowest BCUT2D eigenvalue weighted by molar-refractivity contribution is -0.384.